The van der Waals surface area contributed by atoms with E-state index < -0.39 is 51.2 Å². The first-order valence-electron chi connectivity index (χ1n) is 6.94. The number of nitro groups is 2. The molecule has 0 aliphatic carbocycles. The fourth-order valence-electron chi connectivity index (χ4n) is 2.07. The Morgan fingerprint density at radius 2 is 1.93 bits per heavy atom. The SMILES string of the molecule is Cc1c(Br)c([N+](=O)[O-])nn1CC(=O)Nc1ccc(C(F)(F)F)cc1[N+](=O)[O-]. The Hall–Kier alpha value is -3.03. The van der Waals surface area contributed by atoms with Crippen LogP contribution in [0.5, 0.6) is 0 Å². The number of anilines is 1. The zero-order valence-corrected chi connectivity index (χ0v) is 14.9. The maximum Gasteiger partial charge on any atom is 0.416 e. The third kappa shape index (κ3) is 4.39. The summed E-state index contributed by atoms with van der Waals surface area (Å²) in [7, 11) is 0. The highest BCUT2D eigenvalue weighted by atomic mass is 79.9. The molecule has 1 amide bonds. The van der Waals surface area contributed by atoms with Crippen molar-refractivity contribution in [1.82, 2.24) is 9.78 Å². The molecule has 1 aromatic carbocycles. The number of nitrogens with zero attached hydrogens (tertiary/aromatic N) is 4. The molecule has 0 atom stereocenters. The molecule has 0 aliphatic heterocycles. The smallest absolute Gasteiger partial charge is 0.358 e. The summed E-state index contributed by atoms with van der Waals surface area (Å²) in [6, 6.07) is 1.65. The molecule has 1 aromatic heterocycles. The van der Waals surface area contributed by atoms with Crippen molar-refractivity contribution in [3.8, 4) is 0 Å². The van der Waals surface area contributed by atoms with Crippen LogP contribution in [0.15, 0.2) is 22.7 Å². The van der Waals surface area contributed by atoms with E-state index in [1.165, 1.54) is 6.92 Å². The molecule has 0 bridgehead atoms. The maximum atomic E-state index is 12.7. The summed E-state index contributed by atoms with van der Waals surface area (Å²) in [5.41, 5.74) is -2.38. The molecular weight excluding hydrogens is 443 g/mol. The number of nitro benzene ring substituents is 1. The lowest BCUT2D eigenvalue weighted by molar-refractivity contribution is -0.390. The van der Waals surface area contributed by atoms with Gasteiger partial charge in [-0.05, 0) is 39.9 Å². The summed E-state index contributed by atoms with van der Waals surface area (Å²) < 4.78 is 39.1. The number of hydrogen-bond donors (Lipinski definition) is 1. The molecule has 0 spiro atoms. The summed E-state index contributed by atoms with van der Waals surface area (Å²) in [6.45, 7) is 0.897. The van der Waals surface area contributed by atoms with E-state index in [0.29, 0.717) is 12.1 Å². The average Bonchev–Trinajstić information content (AvgIpc) is 2.82. The molecular formula is C13H9BrF3N5O5. The Balaban J connectivity index is 2.27. The molecule has 1 N–H and O–H groups in total. The van der Waals surface area contributed by atoms with Gasteiger partial charge in [0.2, 0.25) is 5.91 Å². The van der Waals surface area contributed by atoms with Crippen LogP contribution in [0.3, 0.4) is 0 Å². The summed E-state index contributed by atoms with van der Waals surface area (Å²) >= 11 is 2.96. The molecule has 0 unspecified atom stereocenters. The zero-order chi connectivity index (χ0) is 20.5. The van der Waals surface area contributed by atoms with Crippen molar-refractivity contribution in [2.24, 2.45) is 0 Å². The lowest BCUT2D eigenvalue weighted by Gasteiger charge is -2.09. The van der Waals surface area contributed by atoms with Crippen molar-refractivity contribution in [2.75, 3.05) is 5.32 Å². The Morgan fingerprint density at radius 3 is 2.41 bits per heavy atom. The number of halogens is 4. The summed E-state index contributed by atoms with van der Waals surface area (Å²) in [4.78, 5) is 32.1. The first kappa shape index (κ1) is 20.3. The molecule has 27 heavy (non-hydrogen) atoms. The standard InChI is InChI=1S/C13H9BrF3N5O5/c1-6-11(14)12(22(26)27)19-20(6)5-10(23)18-8-3-2-7(13(15,16)17)4-9(8)21(24)25/h2-4H,5H2,1H3,(H,18,23). The molecule has 2 aromatic rings. The summed E-state index contributed by atoms with van der Waals surface area (Å²) in [6.07, 6.45) is -4.79. The minimum atomic E-state index is -4.79. The molecule has 2 rings (SSSR count). The van der Waals surface area contributed by atoms with Crippen molar-refractivity contribution in [2.45, 2.75) is 19.6 Å². The Labute approximate surface area is 156 Å². The van der Waals surface area contributed by atoms with Gasteiger partial charge >= 0.3 is 12.0 Å². The van der Waals surface area contributed by atoms with Crippen molar-refractivity contribution < 1.29 is 27.8 Å². The van der Waals surface area contributed by atoms with Gasteiger partial charge in [-0.15, -0.1) is 0 Å². The van der Waals surface area contributed by atoms with Crippen LogP contribution in [0, 0.1) is 27.2 Å². The van der Waals surface area contributed by atoms with E-state index in [0.717, 1.165) is 10.7 Å². The number of hydrogen-bond acceptors (Lipinski definition) is 6. The third-order valence-corrected chi connectivity index (χ3v) is 4.31. The first-order valence-corrected chi connectivity index (χ1v) is 7.74. The topological polar surface area (TPSA) is 133 Å². The second kappa shape index (κ2) is 7.30. The van der Waals surface area contributed by atoms with Gasteiger partial charge in [-0.3, -0.25) is 14.9 Å². The van der Waals surface area contributed by atoms with Crippen molar-refractivity contribution >= 4 is 39.0 Å². The number of carbonyl (C=O) groups excluding carboxylic acids is 1. The highest BCUT2D eigenvalue weighted by Gasteiger charge is 2.33. The minimum Gasteiger partial charge on any atom is -0.358 e. The Kier molecular flexibility index (Phi) is 5.48. The molecule has 0 saturated carbocycles. The number of amides is 1. The van der Waals surface area contributed by atoms with Crippen LogP contribution in [0.2, 0.25) is 0 Å². The van der Waals surface area contributed by atoms with Crippen LogP contribution < -0.4 is 5.32 Å². The highest BCUT2D eigenvalue weighted by molar-refractivity contribution is 9.10. The van der Waals surface area contributed by atoms with Gasteiger partial charge in [0.15, 0.2) is 0 Å². The fourth-order valence-corrected chi connectivity index (χ4v) is 2.50. The van der Waals surface area contributed by atoms with Crippen LogP contribution in [-0.4, -0.2) is 25.5 Å². The molecule has 144 valence electrons. The van der Waals surface area contributed by atoms with E-state index in [4.69, 9.17) is 0 Å². The number of alkyl halides is 3. The van der Waals surface area contributed by atoms with Gasteiger partial charge in [0.25, 0.3) is 5.69 Å². The Morgan fingerprint density at radius 1 is 1.30 bits per heavy atom. The van der Waals surface area contributed by atoms with E-state index in [-0.39, 0.29) is 10.2 Å². The summed E-state index contributed by atoms with van der Waals surface area (Å²) in [5, 5.41) is 27.6. The second-order valence-electron chi connectivity index (χ2n) is 5.17. The molecule has 0 fully saturated rings. The third-order valence-electron chi connectivity index (χ3n) is 3.38. The fraction of sp³-hybridized carbons (Fsp3) is 0.231. The summed E-state index contributed by atoms with van der Waals surface area (Å²) in [5.74, 6) is -1.40. The van der Waals surface area contributed by atoms with E-state index in [1.54, 1.807) is 0 Å². The van der Waals surface area contributed by atoms with E-state index in [1.807, 2.05) is 0 Å². The molecule has 10 nitrogen and oxygen atoms in total. The van der Waals surface area contributed by atoms with Crippen LogP contribution in [-0.2, 0) is 17.5 Å². The van der Waals surface area contributed by atoms with Gasteiger partial charge in [0.1, 0.15) is 16.7 Å². The van der Waals surface area contributed by atoms with E-state index in [9.17, 15) is 38.2 Å². The normalized spacial score (nSPS) is 11.3. The van der Waals surface area contributed by atoms with Crippen LogP contribution >= 0.6 is 15.9 Å². The highest BCUT2D eigenvalue weighted by Crippen LogP contribution is 2.35. The lowest BCUT2D eigenvalue weighted by atomic mass is 10.1. The molecule has 14 heteroatoms. The van der Waals surface area contributed by atoms with E-state index >= 15 is 0 Å². The maximum absolute atomic E-state index is 12.7. The molecule has 1 heterocycles. The van der Waals surface area contributed by atoms with Gasteiger partial charge in [0.05, 0.1) is 21.3 Å². The van der Waals surface area contributed by atoms with E-state index in [2.05, 4.69) is 26.3 Å². The molecule has 0 radical (unpaired) electrons. The monoisotopic (exact) mass is 451 g/mol. The predicted molar refractivity (Wildman–Crippen MR) is 88.0 cm³/mol. The van der Waals surface area contributed by atoms with Crippen LogP contribution in [0.1, 0.15) is 11.3 Å². The number of rotatable bonds is 5. The van der Waals surface area contributed by atoms with Crippen molar-refractivity contribution in [3.05, 3.63) is 54.2 Å². The molecule has 0 aliphatic rings. The van der Waals surface area contributed by atoms with Gasteiger partial charge in [0, 0.05) is 6.07 Å². The quantitative estimate of drug-likeness (QED) is 0.546. The minimum absolute atomic E-state index is 0.0563. The number of aromatic nitrogens is 2. The number of benzene rings is 1. The van der Waals surface area contributed by atoms with Gasteiger partial charge in [-0.2, -0.15) is 17.9 Å². The lowest BCUT2D eigenvalue weighted by Crippen LogP contribution is -2.21. The number of carbonyl (C=O) groups is 1. The zero-order valence-electron chi connectivity index (χ0n) is 13.3. The van der Waals surface area contributed by atoms with Crippen LogP contribution in [0.4, 0.5) is 30.4 Å². The number of nitrogens with one attached hydrogen (secondary N) is 1. The average molecular weight is 452 g/mol. The Bertz CT molecular complexity index is 943. The first-order chi connectivity index (χ1) is 12.4. The predicted octanol–water partition coefficient (Wildman–Crippen LogP) is 3.43. The van der Waals surface area contributed by atoms with Crippen molar-refractivity contribution in [3.63, 3.8) is 0 Å². The molecule has 0 saturated heterocycles. The second-order valence-corrected chi connectivity index (χ2v) is 5.97. The van der Waals surface area contributed by atoms with Crippen LogP contribution in [0.25, 0.3) is 0 Å². The van der Waals surface area contributed by atoms with Crippen molar-refractivity contribution in [1.29, 1.82) is 0 Å². The van der Waals surface area contributed by atoms with Gasteiger partial charge in [-0.1, -0.05) is 0 Å². The largest absolute Gasteiger partial charge is 0.416 e. The van der Waals surface area contributed by atoms with Gasteiger partial charge < -0.3 is 15.4 Å². The van der Waals surface area contributed by atoms with Gasteiger partial charge in [-0.25, -0.2) is 0 Å².